The van der Waals surface area contributed by atoms with Crippen molar-refractivity contribution in [3.63, 3.8) is 0 Å². The van der Waals surface area contributed by atoms with Crippen LogP contribution in [-0.4, -0.2) is 48.1 Å². The molecule has 0 unspecified atom stereocenters. The molecule has 11 heteroatoms. The highest BCUT2D eigenvalue weighted by molar-refractivity contribution is 5.92. The van der Waals surface area contributed by atoms with E-state index in [1.165, 1.54) is 25.7 Å². The first-order chi connectivity index (χ1) is 16.4. The summed E-state index contributed by atoms with van der Waals surface area (Å²) in [7, 11) is 3.17. The molecule has 0 radical (unpaired) electrons. The molecule has 178 valence electrons. The maximum Gasteiger partial charge on any atom is 0.245 e. The average Bonchev–Trinajstić information content (AvgIpc) is 3.45. The van der Waals surface area contributed by atoms with Crippen LogP contribution < -0.4 is 9.47 Å². The molecule has 0 aromatic carbocycles. The molecule has 0 N–H and O–H groups in total. The van der Waals surface area contributed by atoms with Crippen LogP contribution in [0.3, 0.4) is 0 Å². The van der Waals surface area contributed by atoms with E-state index >= 15 is 0 Å². The van der Waals surface area contributed by atoms with E-state index in [4.69, 9.17) is 14.0 Å². The van der Waals surface area contributed by atoms with Crippen molar-refractivity contribution in [1.29, 1.82) is 0 Å². The Labute approximate surface area is 195 Å². The number of halogens is 1. The van der Waals surface area contributed by atoms with Crippen molar-refractivity contribution in [3.8, 4) is 23.0 Å². The van der Waals surface area contributed by atoms with Crippen molar-refractivity contribution in [2.24, 2.45) is 7.05 Å². The summed E-state index contributed by atoms with van der Waals surface area (Å²) < 4.78 is 33.0. The minimum atomic E-state index is -0.474. The molecule has 0 spiro atoms. The smallest absolute Gasteiger partial charge is 0.245 e. The Morgan fingerprint density at radius 3 is 2.59 bits per heavy atom. The van der Waals surface area contributed by atoms with Crippen LogP contribution in [0.25, 0.3) is 22.3 Å². The molecule has 0 aliphatic heterocycles. The van der Waals surface area contributed by atoms with Gasteiger partial charge in [-0.25, -0.2) is 14.4 Å². The molecular weight excluding hydrogens is 441 g/mol. The van der Waals surface area contributed by atoms with E-state index in [0.29, 0.717) is 28.5 Å². The Kier molecular flexibility index (Phi) is 5.84. The largest absolute Gasteiger partial charge is 0.481 e. The molecule has 1 aliphatic rings. The van der Waals surface area contributed by atoms with Crippen molar-refractivity contribution in [2.75, 3.05) is 7.11 Å². The topological polar surface area (TPSA) is 114 Å². The Hall–Kier alpha value is -3.63. The third-order valence-electron chi connectivity index (χ3n) is 6.15. The fraction of sp³-hybridized carbons (Fsp3) is 0.478. The molecule has 5 rings (SSSR count). The zero-order valence-corrected chi connectivity index (χ0v) is 19.5. The number of ether oxygens (including phenoxy) is 2. The van der Waals surface area contributed by atoms with Crippen LogP contribution in [0.4, 0.5) is 4.39 Å². The Bertz CT molecular complexity index is 1310. The lowest BCUT2D eigenvalue weighted by Crippen LogP contribution is -2.24. The minimum absolute atomic E-state index is 0.0216. The molecule has 4 aromatic rings. The number of fused-ring (bicyclic) bond motifs is 1. The molecule has 1 aliphatic carbocycles. The van der Waals surface area contributed by atoms with E-state index in [9.17, 15) is 4.39 Å². The fourth-order valence-electron chi connectivity index (χ4n) is 4.30. The monoisotopic (exact) mass is 467 g/mol. The first kappa shape index (κ1) is 22.2. The Morgan fingerprint density at radius 1 is 1.12 bits per heavy atom. The summed E-state index contributed by atoms with van der Waals surface area (Å²) >= 11 is 0. The van der Waals surface area contributed by atoms with Crippen LogP contribution in [0.15, 0.2) is 23.1 Å². The molecule has 10 nitrogen and oxygen atoms in total. The molecule has 1 saturated carbocycles. The van der Waals surface area contributed by atoms with Crippen LogP contribution in [-0.2, 0) is 7.05 Å². The van der Waals surface area contributed by atoms with Gasteiger partial charge in [0.2, 0.25) is 17.7 Å². The van der Waals surface area contributed by atoms with Gasteiger partial charge in [-0.05, 0) is 25.7 Å². The number of rotatable bonds is 6. The zero-order valence-electron chi connectivity index (χ0n) is 19.5. The molecule has 4 heterocycles. The summed E-state index contributed by atoms with van der Waals surface area (Å²) in [4.78, 5) is 17.3. The second-order valence-corrected chi connectivity index (χ2v) is 8.79. The van der Waals surface area contributed by atoms with E-state index in [0.717, 1.165) is 31.5 Å². The lowest BCUT2D eigenvalue weighted by atomic mass is 9.87. The molecule has 0 bridgehead atoms. The van der Waals surface area contributed by atoms with Crippen molar-refractivity contribution in [3.05, 3.63) is 36.1 Å². The average molecular weight is 468 g/mol. The van der Waals surface area contributed by atoms with Crippen molar-refractivity contribution >= 4 is 11.0 Å². The van der Waals surface area contributed by atoms with Crippen LogP contribution in [0.2, 0.25) is 0 Å². The molecule has 1 fully saturated rings. The highest BCUT2D eigenvalue weighted by atomic mass is 19.1. The number of aromatic nitrogens is 7. The Balaban J connectivity index is 1.35. The van der Waals surface area contributed by atoms with Crippen LogP contribution >= 0.6 is 0 Å². The summed E-state index contributed by atoms with van der Waals surface area (Å²) in [6, 6.07) is 1.23. The predicted molar refractivity (Wildman–Crippen MR) is 120 cm³/mol. The third kappa shape index (κ3) is 4.06. The third-order valence-corrected chi connectivity index (χ3v) is 6.15. The quantitative estimate of drug-likeness (QED) is 0.412. The second kappa shape index (κ2) is 8.96. The number of nitrogens with zero attached hydrogens (tertiary/aromatic N) is 7. The molecule has 34 heavy (non-hydrogen) atoms. The van der Waals surface area contributed by atoms with Gasteiger partial charge >= 0.3 is 0 Å². The van der Waals surface area contributed by atoms with E-state index in [1.807, 2.05) is 13.8 Å². The van der Waals surface area contributed by atoms with Gasteiger partial charge in [0.1, 0.15) is 23.8 Å². The van der Waals surface area contributed by atoms with Crippen LogP contribution in [0.5, 0.6) is 11.8 Å². The van der Waals surface area contributed by atoms with Gasteiger partial charge in [-0.1, -0.05) is 19.0 Å². The summed E-state index contributed by atoms with van der Waals surface area (Å²) in [6.07, 6.45) is 6.22. The van der Waals surface area contributed by atoms with Gasteiger partial charge in [0, 0.05) is 31.1 Å². The zero-order chi connectivity index (χ0) is 23.8. The van der Waals surface area contributed by atoms with Crippen LogP contribution in [0.1, 0.15) is 63.1 Å². The highest BCUT2D eigenvalue weighted by Crippen LogP contribution is 2.36. The normalized spacial score (nSPS) is 18.5. The summed E-state index contributed by atoms with van der Waals surface area (Å²) in [5.41, 5.74) is 1.75. The van der Waals surface area contributed by atoms with Gasteiger partial charge in [-0.3, -0.25) is 4.68 Å². The lowest BCUT2D eigenvalue weighted by Gasteiger charge is -2.26. The number of pyridine rings is 1. The maximum absolute atomic E-state index is 14.8. The van der Waals surface area contributed by atoms with Crippen molar-refractivity contribution < 1.29 is 18.4 Å². The number of aryl methyl sites for hydroxylation is 1. The first-order valence-electron chi connectivity index (χ1n) is 11.3. The maximum atomic E-state index is 14.8. The lowest BCUT2D eigenvalue weighted by molar-refractivity contribution is 0.135. The van der Waals surface area contributed by atoms with E-state index in [2.05, 4.69) is 30.2 Å². The standard InChI is InChI=1S/C23H26FN7O3/c1-12(2)21-28-22(34-30-21)13-5-7-14(8-6-13)33-23-19-18(26-11-27-23)20(31(3)29-19)15-10-25-17(32-4)9-16(15)24/h9-14H,5-8H2,1-4H3. The number of hydrogen-bond donors (Lipinski definition) is 0. The number of hydrogen-bond acceptors (Lipinski definition) is 9. The summed E-state index contributed by atoms with van der Waals surface area (Å²) in [6.45, 7) is 4.09. The van der Waals surface area contributed by atoms with Crippen LogP contribution in [0, 0.1) is 5.82 Å². The van der Waals surface area contributed by atoms with Gasteiger partial charge in [0.05, 0.1) is 18.4 Å². The van der Waals surface area contributed by atoms with Crippen molar-refractivity contribution in [2.45, 2.75) is 57.5 Å². The molecule has 0 amide bonds. The predicted octanol–water partition coefficient (Wildman–Crippen LogP) is 4.18. The van der Waals surface area contributed by atoms with Crippen molar-refractivity contribution in [1.82, 2.24) is 34.9 Å². The summed E-state index contributed by atoms with van der Waals surface area (Å²) in [5.74, 6) is 2.03. The van der Waals surface area contributed by atoms with Gasteiger partial charge in [0.15, 0.2) is 11.3 Å². The van der Waals surface area contributed by atoms with Gasteiger partial charge in [-0.15, -0.1) is 0 Å². The first-order valence-corrected chi connectivity index (χ1v) is 11.3. The van der Waals surface area contributed by atoms with Gasteiger partial charge in [0.25, 0.3) is 0 Å². The van der Waals surface area contributed by atoms with E-state index in [1.54, 1.807) is 11.7 Å². The molecule has 4 aromatic heterocycles. The van der Waals surface area contributed by atoms with Gasteiger partial charge < -0.3 is 14.0 Å². The SMILES string of the molecule is COc1cc(F)c(-c2c3ncnc(OC4CCC(c5nc(C(C)C)no5)CC4)c3nn2C)cn1. The molecular formula is C23H26FN7O3. The molecule has 0 atom stereocenters. The second-order valence-electron chi connectivity index (χ2n) is 8.79. The highest BCUT2D eigenvalue weighted by Gasteiger charge is 2.29. The van der Waals surface area contributed by atoms with E-state index < -0.39 is 5.82 Å². The summed E-state index contributed by atoms with van der Waals surface area (Å²) in [5, 5.41) is 8.61. The number of methoxy groups -OCH3 is 1. The fourth-order valence-corrected chi connectivity index (χ4v) is 4.30. The van der Waals surface area contributed by atoms with E-state index in [-0.39, 0.29) is 29.4 Å². The Morgan fingerprint density at radius 2 is 1.91 bits per heavy atom. The van der Waals surface area contributed by atoms with Gasteiger partial charge in [-0.2, -0.15) is 15.1 Å². The molecule has 0 saturated heterocycles. The minimum Gasteiger partial charge on any atom is -0.481 e.